The van der Waals surface area contributed by atoms with Gasteiger partial charge in [-0.25, -0.2) is 0 Å². The van der Waals surface area contributed by atoms with Crippen LogP contribution < -0.4 is 10.1 Å². The van der Waals surface area contributed by atoms with Crippen LogP contribution in [-0.4, -0.2) is 25.4 Å². The van der Waals surface area contributed by atoms with Crippen LogP contribution in [0.3, 0.4) is 0 Å². The Bertz CT molecular complexity index is 436. The van der Waals surface area contributed by atoms with E-state index < -0.39 is 0 Å². The summed E-state index contributed by atoms with van der Waals surface area (Å²) in [6.07, 6.45) is 2.43. The first-order valence-corrected chi connectivity index (χ1v) is 7.78. The maximum Gasteiger partial charge on any atom is 0.138 e. The molecule has 1 N–H and O–H groups in total. The first kappa shape index (κ1) is 15.5. The SMILES string of the molecule is CCOc1ccc(NC2CCOC(C(C)C)C2)cc1Cl. The normalized spacial score (nSPS) is 22.9. The van der Waals surface area contributed by atoms with E-state index >= 15 is 0 Å². The van der Waals surface area contributed by atoms with E-state index in [0.717, 1.165) is 30.9 Å². The number of nitrogens with one attached hydrogen (secondary N) is 1. The molecule has 2 unspecified atom stereocenters. The van der Waals surface area contributed by atoms with Crippen molar-refractivity contribution < 1.29 is 9.47 Å². The molecule has 1 saturated heterocycles. The molecule has 2 rings (SSSR count). The van der Waals surface area contributed by atoms with Crippen LogP contribution in [-0.2, 0) is 4.74 Å². The second-order valence-corrected chi connectivity index (χ2v) is 6.00. The van der Waals surface area contributed by atoms with Crippen molar-refractivity contribution in [1.29, 1.82) is 0 Å². The van der Waals surface area contributed by atoms with Crippen LogP contribution in [0.2, 0.25) is 5.02 Å². The van der Waals surface area contributed by atoms with E-state index in [9.17, 15) is 0 Å². The summed E-state index contributed by atoms with van der Waals surface area (Å²) in [5.41, 5.74) is 1.05. The molecule has 4 heteroatoms. The Kier molecular flexibility index (Phi) is 5.55. The van der Waals surface area contributed by atoms with Crippen LogP contribution in [0.4, 0.5) is 5.69 Å². The molecule has 1 aliphatic rings. The van der Waals surface area contributed by atoms with Crippen molar-refractivity contribution in [2.75, 3.05) is 18.5 Å². The van der Waals surface area contributed by atoms with Crippen LogP contribution in [0.25, 0.3) is 0 Å². The molecular weight excluding hydrogens is 274 g/mol. The first-order valence-electron chi connectivity index (χ1n) is 7.40. The zero-order chi connectivity index (χ0) is 14.5. The summed E-state index contributed by atoms with van der Waals surface area (Å²) < 4.78 is 11.2. The molecule has 3 nitrogen and oxygen atoms in total. The molecule has 1 aliphatic heterocycles. The predicted octanol–water partition coefficient (Wildman–Crippen LogP) is 4.35. The predicted molar refractivity (Wildman–Crippen MR) is 83.8 cm³/mol. The number of halogens is 1. The number of ether oxygens (including phenoxy) is 2. The Morgan fingerprint density at radius 3 is 2.90 bits per heavy atom. The molecule has 20 heavy (non-hydrogen) atoms. The molecule has 0 radical (unpaired) electrons. The highest BCUT2D eigenvalue weighted by molar-refractivity contribution is 6.32. The summed E-state index contributed by atoms with van der Waals surface area (Å²) in [6.45, 7) is 7.83. The first-order chi connectivity index (χ1) is 9.60. The van der Waals surface area contributed by atoms with Gasteiger partial charge in [0.25, 0.3) is 0 Å². The molecule has 1 aromatic rings. The Morgan fingerprint density at radius 1 is 1.45 bits per heavy atom. The fourth-order valence-electron chi connectivity index (χ4n) is 2.52. The van der Waals surface area contributed by atoms with Crippen LogP contribution in [0, 0.1) is 5.92 Å². The lowest BCUT2D eigenvalue weighted by Crippen LogP contribution is -2.36. The van der Waals surface area contributed by atoms with Gasteiger partial charge in [0, 0.05) is 18.3 Å². The van der Waals surface area contributed by atoms with Gasteiger partial charge < -0.3 is 14.8 Å². The Labute approximate surface area is 126 Å². The topological polar surface area (TPSA) is 30.5 Å². The maximum atomic E-state index is 6.22. The average Bonchev–Trinajstić information content (AvgIpc) is 2.42. The highest BCUT2D eigenvalue weighted by atomic mass is 35.5. The fourth-order valence-corrected chi connectivity index (χ4v) is 2.76. The third-order valence-corrected chi connectivity index (χ3v) is 3.96. The van der Waals surface area contributed by atoms with Gasteiger partial charge >= 0.3 is 0 Å². The van der Waals surface area contributed by atoms with Crippen LogP contribution >= 0.6 is 11.6 Å². The smallest absolute Gasteiger partial charge is 0.138 e. The van der Waals surface area contributed by atoms with Gasteiger partial charge in [-0.05, 0) is 43.9 Å². The van der Waals surface area contributed by atoms with E-state index in [-0.39, 0.29) is 0 Å². The van der Waals surface area contributed by atoms with E-state index in [0.29, 0.717) is 29.7 Å². The van der Waals surface area contributed by atoms with Gasteiger partial charge in [-0.2, -0.15) is 0 Å². The third-order valence-electron chi connectivity index (χ3n) is 3.66. The number of benzene rings is 1. The van der Waals surface area contributed by atoms with Gasteiger partial charge in [0.2, 0.25) is 0 Å². The Balaban J connectivity index is 1.97. The standard InChI is InChI=1S/C16H24ClNO2/c1-4-19-15-6-5-12(9-14(15)17)18-13-7-8-20-16(10-13)11(2)3/h5-6,9,11,13,16,18H,4,7-8,10H2,1-3H3. The minimum absolute atomic E-state index is 0.347. The lowest BCUT2D eigenvalue weighted by atomic mass is 9.95. The second-order valence-electron chi connectivity index (χ2n) is 5.60. The molecule has 2 atom stereocenters. The number of anilines is 1. The van der Waals surface area contributed by atoms with Crippen molar-refractivity contribution in [3.05, 3.63) is 23.2 Å². The molecule has 1 heterocycles. The van der Waals surface area contributed by atoms with Crippen molar-refractivity contribution in [2.24, 2.45) is 5.92 Å². The van der Waals surface area contributed by atoms with Gasteiger partial charge in [0.05, 0.1) is 17.7 Å². The molecule has 0 amide bonds. The molecule has 0 bridgehead atoms. The number of rotatable bonds is 5. The minimum atomic E-state index is 0.347. The highest BCUT2D eigenvalue weighted by Crippen LogP contribution is 2.29. The third kappa shape index (κ3) is 4.03. The summed E-state index contributed by atoms with van der Waals surface area (Å²) in [6, 6.07) is 6.33. The average molecular weight is 298 g/mol. The summed E-state index contributed by atoms with van der Waals surface area (Å²) >= 11 is 6.22. The van der Waals surface area contributed by atoms with Crippen molar-refractivity contribution in [1.82, 2.24) is 0 Å². The minimum Gasteiger partial charge on any atom is -0.492 e. The zero-order valence-corrected chi connectivity index (χ0v) is 13.2. The van der Waals surface area contributed by atoms with Crippen molar-refractivity contribution in [3.63, 3.8) is 0 Å². The molecule has 0 aromatic heterocycles. The molecule has 112 valence electrons. The van der Waals surface area contributed by atoms with E-state index in [2.05, 4.69) is 19.2 Å². The molecular formula is C16H24ClNO2. The lowest BCUT2D eigenvalue weighted by molar-refractivity contribution is -0.0160. The summed E-state index contributed by atoms with van der Waals surface area (Å²) in [7, 11) is 0. The highest BCUT2D eigenvalue weighted by Gasteiger charge is 2.24. The van der Waals surface area contributed by atoms with E-state index in [4.69, 9.17) is 21.1 Å². The van der Waals surface area contributed by atoms with Gasteiger partial charge in [0.1, 0.15) is 5.75 Å². The van der Waals surface area contributed by atoms with Crippen LogP contribution in [0.1, 0.15) is 33.6 Å². The molecule has 0 spiro atoms. The van der Waals surface area contributed by atoms with Crippen molar-refractivity contribution >= 4 is 17.3 Å². The second kappa shape index (κ2) is 7.19. The van der Waals surface area contributed by atoms with Gasteiger partial charge in [-0.15, -0.1) is 0 Å². The molecule has 0 aliphatic carbocycles. The number of hydrogen-bond acceptors (Lipinski definition) is 3. The maximum absolute atomic E-state index is 6.22. The molecule has 1 aromatic carbocycles. The Morgan fingerprint density at radius 2 is 2.25 bits per heavy atom. The lowest BCUT2D eigenvalue weighted by Gasteiger charge is -2.33. The van der Waals surface area contributed by atoms with Gasteiger partial charge in [0.15, 0.2) is 0 Å². The fraction of sp³-hybridized carbons (Fsp3) is 0.625. The Hall–Kier alpha value is -0.930. The summed E-state index contributed by atoms with van der Waals surface area (Å²) in [4.78, 5) is 0. The van der Waals surface area contributed by atoms with Gasteiger partial charge in [-0.1, -0.05) is 25.4 Å². The van der Waals surface area contributed by atoms with Crippen molar-refractivity contribution in [2.45, 2.75) is 45.8 Å². The zero-order valence-electron chi connectivity index (χ0n) is 12.5. The summed E-state index contributed by atoms with van der Waals surface area (Å²) in [5.74, 6) is 1.30. The van der Waals surface area contributed by atoms with Crippen LogP contribution in [0.5, 0.6) is 5.75 Å². The largest absolute Gasteiger partial charge is 0.492 e. The number of hydrogen-bond donors (Lipinski definition) is 1. The monoisotopic (exact) mass is 297 g/mol. The van der Waals surface area contributed by atoms with Crippen molar-refractivity contribution in [3.8, 4) is 5.75 Å². The molecule has 0 saturated carbocycles. The molecule has 1 fully saturated rings. The quantitative estimate of drug-likeness (QED) is 0.876. The van der Waals surface area contributed by atoms with E-state index in [1.165, 1.54) is 0 Å². The van der Waals surface area contributed by atoms with E-state index in [1.54, 1.807) is 0 Å². The van der Waals surface area contributed by atoms with Crippen LogP contribution in [0.15, 0.2) is 18.2 Å². The van der Waals surface area contributed by atoms with E-state index in [1.807, 2.05) is 25.1 Å². The summed E-state index contributed by atoms with van der Waals surface area (Å²) in [5, 5.41) is 4.21. The van der Waals surface area contributed by atoms with Gasteiger partial charge in [-0.3, -0.25) is 0 Å².